The van der Waals surface area contributed by atoms with Crippen molar-refractivity contribution in [3.63, 3.8) is 0 Å². The van der Waals surface area contributed by atoms with E-state index in [1.54, 1.807) is 11.3 Å². The summed E-state index contributed by atoms with van der Waals surface area (Å²) in [6, 6.07) is 16.7. The molecule has 30 heavy (non-hydrogen) atoms. The number of nitrogens with two attached hydrogens (primary N) is 1. The van der Waals surface area contributed by atoms with Crippen molar-refractivity contribution in [1.82, 2.24) is 4.98 Å². The van der Waals surface area contributed by atoms with E-state index in [-0.39, 0.29) is 0 Å². The van der Waals surface area contributed by atoms with Gasteiger partial charge in [0.2, 0.25) is 0 Å². The molecule has 0 bridgehead atoms. The monoisotopic (exact) mass is 421 g/mol. The molecule has 2 aromatic carbocycles. The van der Waals surface area contributed by atoms with Gasteiger partial charge in [0, 0.05) is 29.6 Å². The van der Waals surface area contributed by atoms with Crippen molar-refractivity contribution in [2.45, 2.75) is 44.6 Å². The lowest BCUT2D eigenvalue weighted by atomic mass is 9.77. The predicted molar refractivity (Wildman–Crippen MR) is 122 cm³/mol. The van der Waals surface area contributed by atoms with Gasteiger partial charge in [0.15, 0.2) is 5.13 Å². The summed E-state index contributed by atoms with van der Waals surface area (Å²) in [4.78, 5) is 15.7. The minimum absolute atomic E-state index is 0.307. The lowest BCUT2D eigenvalue weighted by Crippen LogP contribution is -2.16. The molecule has 0 radical (unpaired) electrons. The molecule has 1 heterocycles. The summed E-state index contributed by atoms with van der Waals surface area (Å²) in [5.74, 6) is 0.194. The summed E-state index contributed by atoms with van der Waals surface area (Å²) in [6.07, 6.45) is 4.46. The Morgan fingerprint density at radius 3 is 2.53 bits per heavy atom. The Morgan fingerprint density at radius 2 is 1.83 bits per heavy atom. The second-order valence-electron chi connectivity index (χ2n) is 7.96. The molecule has 4 rings (SSSR count). The van der Waals surface area contributed by atoms with Gasteiger partial charge in [-0.05, 0) is 54.7 Å². The Labute approximate surface area is 181 Å². The summed E-state index contributed by atoms with van der Waals surface area (Å²) in [7, 11) is 0. The normalized spacial score (nSPS) is 18.8. The SMILES string of the molecule is NCc1ccccc1Nc1nc(-c2ccc(C3CCC(CC(=O)O)CC3)cc2)cs1. The van der Waals surface area contributed by atoms with Crippen LogP contribution in [0, 0.1) is 5.92 Å². The van der Waals surface area contributed by atoms with Gasteiger partial charge in [-0.15, -0.1) is 11.3 Å². The van der Waals surface area contributed by atoms with Crippen molar-refractivity contribution < 1.29 is 9.90 Å². The first-order valence-electron chi connectivity index (χ1n) is 10.4. The standard InChI is InChI=1S/C24H27N3O2S/c25-14-20-3-1-2-4-21(20)26-24-27-22(15-30-24)19-11-9-18(10-12-19)17-7-5-16(6-8-17)13-23(28)29/h1-4,9-12,15-17H,5-8,13-14,25H2,(H,26,27)(H,28,29). The molecule has 3 aromatic rings. The second-order valence-corrected chi connectivity index (χ2v) is 8.82. The highest BCUT2D eigenvalue weighted by Crippen LogP contribution is 2.38. The third-order valence-electron chi connectivity index (χ3n) is 5.97. The number of rotatable bonds is 7. The smallest absolute Gasteiger partial charge is 0.303 e. The Bertz CT molecular complexity index is 992. The molecule has 156 valence electrons. The molecule has 1 saturated carbocycles. The van der Waals surface area contributed by atoms with Crippen LogP contribution in [0.1, 0.15) is 49.1 Å². The fourth-order valence-electron chi connectivity index (χ4n) is 4.27. The van der Waals surface area contributed by atoms with Crippen LogP contribution in [-0.2, 0) is 11.3 Å². The van der Waals surface area contributed by atoms with Crippen molar-refractivity contribution in [3.8, 4) is 11.3 Å². The maximum Gasteiger partial charge on any atom is 0.303 e. The average Bonchev–Trinajstić information content (AvgIpc) is 3.23. The number of nitrogens with one attached hydrogen (secondary N) is 1. The second kappa shape index (κ2) is 9.41. The molecular weight excluding hydrogens is 394 g/mol. The van der Waals surface area contributed by atoms with Crippen LogP contribution in [0.25, 0.3) is 11.3 Å². The number of hydrogen-bond acceptors (Lipinski definition) is 5. The Hall–Kier alpha value is -2.70. The molecule has 1 aliphatic carbocycles. The number of anilines is 2. The van der Waals surface area contributed by atoms with E-state index < -0.39 is 5.97 Å². The topological polar surface area (TPSA) is 88.2 Å². The van der Waals surface area contributed by atoms with E-state index in [9.17, 15) is 4.79 Å². The van der Waals surface area contributed by atoms with Crippen LogP contribution >= 0.6 is 11.3 Å². The highest BCUT2D eigenvalue weighted by Gasteiger charge is 2.24. The molecule has 1 fully saturated rings. The van der Waals surface area contributed by atoms with Crippen LogP contribution in [0.4, 0.5) is 10.8 Å². The lowest BCUT2D eigenvalue weighted by Gasteiger charge is -2.28. The quantitative estimate of drug-likeness (QED) is 0.451. The number of thiazole rings is 1. The van der Waals surface area contributed by atoms with Crippen molar-refractivity contribution in [1.29, 1.82) is 0 Å². The zero-order valence-corrected chi connectivity index (χ0v) is 17.7. The number of hydrogen-bond donors (Lipinski definition) is 3. The van der Waals surface area contributed by atoms with Gasteiger partial charge in [-0.25, -0.2) is 4.98 Å². The van der Waals surface area contributed by atoms with E-state index in [1.165, 1.54) is 5.56 Å². The van der Waals surface area contributed by atoms with Crippen molar-refractivity contribution >= 4 is 28.1 Å². The predicted octanol–water partition coefficient (Wildman–Crippen LogP) is 5.76. The summed E-state index contributed by atoms with van der Waals surface area (Å²) in [6.45, 7) is 0.487. The zero-order valence-electron chi connectivity index (χ0n) is 16.9. The molecule has 0 amide bonds. The lowest BCUT2D eigenvalue weighted by molar-refractivity contribution is -0.138. The van der Waals surface area contributed by atoms with Gasteiger partial charge >= 0.3 is 5.97 Å². The highest BCUT2D eigenvalue weighted by atomic mass is 32.1. The number of benzene rings is 2. The summed E-state index contributed by atoms with van der Waals surface area (Å²) in [5.41, 5.74) is 11.3. The molecule has 4 N–H and O–H groups in total. The number of para-hydroxylation sites is 1. The Balaban J connectivity index is 1.40. The molecule has 1 aliphatic rings. The third-order valence-corrected chi connectivity index (χ3v) is 6.73. The zero-order chi connectivity index (χ0) is 20.9. The first-order valence-corrected chi connectivity index (χ1v) is 11.3. The van der Waals surface area contributed by atoms with E-state index in [0.29, 0.717) is 24.8 Å². The number of carboxylic acid groups (broad SMARTS) is 1. The highest BCUT2D eigenvalue weighted by molar-refractivity contribution is 7.14. The van der Waals surface area contributed by atoms with E-state index in [2.05, 4.69) is 35.0 Å². The van der Waals surface area contributed by atoms with E-state index >= 15 is 0 Å². The number of carbonyl (C=O) groups is 1. The minimum Gasteiger partial charge on any atom is -0.481 e. The number of carboxylic acids is 1. The van der Waals surface area contributed by atoms with Crippen molar-refractivity contribution in [3.05, 3.63) is 65.0 Å². The molecule has 0 aliphatic heterocycles. The van der Waals surface area contributed by atoms with Crippen LogP contribution in [0.5, 0.6) is 0 Å². The average molecular weight is 422 g/mol. The summed E-state index contributed by atoms with van der Waals surface area (Å²) >= 11 is 1.58. The first kappa shape index (κ1) is 20.6. The van der Waals surface area contributed by atoms with Crippen LogP contribution in [0.2, 0.25) is 0 Å². The van der Waals surface area contributed by atoms with Crippen LogP contribution in [-0.4, -0.2) is 16.1 Å². The van der Waals surface area contributed by atoms with Crippen molar-refractivity contribution in [2.75, 3.05) is 5.32 Å². The van der Waals surface area contributed by atoms with Gasteiger partial charge in [0.25, 0.3) is 0 Å². The van der Waals surface area contributed by atoms with Gasteiger partial charge in [0.05, 0.1) is 5.69 Å². The summed E-state index contributed by atoms with van der Waals surface area (Å²) < 4.78 is 0. The van der Waals surface area contributed by atoms with Crippen LogP contribution < -0.4 is 11.1 Å². The van der Waals surface area contributed by atoms with Gasteiger partial charge in [0.1, 0.15) is 0 Å². The first-order chi connectivity index (χ1) is 14.6. The van der Waals surface area contributed by atoms with Gasteiger partial charge in [-0.3, -0.25) is 4.79 Å². The molecule has 0 saturated heterocycles. The largest absolute Gasteiger partial charge is 0.481 e. The Kier molecular flexibility index (Phi) is 6.45. The molecule has 0 unspecified atom stereocenters. The molecular formula is C24H27N3O2S. The number of nitrogens with zero attached hydrogens (tertiary/aromatic N) is 1. The number of aromatic nitrogens is 1. The fourth-order valence-corrected chi connectivity index (χ4v) is 5.00. The Morgan fingerprint density at radius 1 is 1.10 bits per heavy atom. The molecule has 1 aromatic heterocycles. The van der Waals surface area contributed by atoms with E-state index in [0.717, 1.165) is 53.3 Å². The van der Waals surface area contributed by atoms with E-state index in [4.69, 9.17) is 15.8 Å². The van der Waals surface area contributed by atoms with Gasteiger partial charge < -0.3 is 16.2 Å². The molecule has 0 atom stereocenters. The molecule has 6 heteroatoms. The third kappa shape index (κ3) is 4.89. The maximum atomic E-state index is 10.9. The number of aliphatic carboxylic acids is 1. The van der Waals surface area contributed by atoms with Crippen molar-refractivity contribution in [2.24, 2.45) is 11.7 Å². The summed E-state index contributed by atoms with van der Waals surface area (Å²) in [5, 5.41) is 15.3. The maximum absolute atomic E-state index is 10.9. The molecule has 0 spiro atoms. The minimum atomic E-state index is -0.675. The van der Waals surface area contributed by atoms with Gasteiger partial charge in [-0.1, -0.05) is 42.5 Å². The molecule has 5 nitrogen and oxygen atoms in total. The fraction of sp³-hybridized carbons (Fsp3) is 0.333. The van der Waals surface area contributed by atoms with E-state index in [1.807, 2.05) is 24.3 Å². The van der Waals surface area contributed by atoms with Gasteiger partial charge in [-0.2, -0.15) is 0 Å². The van der Waals surface area contributed by atoms with Crippen LogP contribution in [0.15, 0.2) is 53.9 Å². The van der Waals surface area contributed by atoms with Crippen LogP contribution in [0.3, 0.4) is 0 Å².